The predicted octanol–water partition coefficient (Wildman–Crippen LogP) is 3.53. The summed E-state index contributed by atoms with van der Waals surface area (Å²) in [6, 6.07) is 9.45. The van der Waals surface area contributed by atoms with E-state index >= 15 is 0 Å². The molecular weight excluding hydrogens is 266 g/mol. The summed E-state index contributed by atoms with van der Waals surface area (Å²) in [7, 11) is 0. The van der Waals surface area contributed by atoms with Crippen LogP contribution in [0.3, 0.4) is 0 Å². The Labute approximate surface area is 114 Å². The van der Waals surface area contributed by atoms with Gasteiger partial charge in [0.25, 0.3) is 5.69 Å². The van der Waals surface area contributed by atoms with Crippen molar-refractivity contribution in [2.24, 2.45) is 0 Å². The number of rotatable bonds is 5. The van der Waals surface area contributed by atoms with Gasteiger partial charge in [-0.3, -0.25) is 10.1 Å². The van der Waals surface area contributed by atoms with Crippen LogP contribution in [-0.2, 0) is 6.42 Å². The maximum absolute atomic E-state index is 13.2. The average Bonchev–Trinajstić information content (AvgIpc) is 2.38. The average molecular weight is 278 g/mol. The lowest BCUT2D eigenvalue weighted by Gasteiger charge is -2.07. The number of anilines is 1. The minimum atomic E-state index is -0.674. The number of nitro groups is 1. The van der Waals surface area contributed by atoms with Crippen molar-refractivity contribution in [2.45, 2.75) is 6.42 Å². The molecule has 0 amide bonds. The maximum atomic E-state index is 13.2. The summed E-state index contributed by atoms with van der Waals surface area (Å²) in [4.78, 5) is 9.96. The monoisotopic (exact) mass is 278 g/mol. The molecule has 1 N–H and O–H groups in total. The van der Waals surface area contributed by atoms with Crippen LogP contribution in [0.5, 0.6) is 0 Å². The first-order valence-corrected chi connectivity index (χ1v) is 5.98. The standard InChI is InChI=1S/C14H12F2N2O2/c15-11-3-1-2-10(6-11)4-5-17-13-7-12(16)8-14(9-13)18(19)20/h1-3,6-9,17H,4-5H2. The predicted molar refractivity (Wildman–Crippen MR) is 71.6 cm³/mol. The summed E-state index contributed by atoms with van der Waals surface area (Å²) in [5, 5.41) is 13.5. The maximum Gasteiger partial charge on any atom is 0.274 e. The van der Waals surface area contributed by atoms with Crippen molar-refractivity contribution in [3.63, 3.8) is 0 Å². The van der Waals surface area contributed by atoms with E-state index in [1.807, 2.05) is 0 Å². The third kappa shape index (κ3) is 3.74. The molecule has 0 radical (unpaired) electrons. The zero-order valence-electron chi connectivity index (χ0n) is 10.5. The van der Waals surface area contributed by atoms with Crippen molar-refractivity contribution in [2.75, 3.05) is 11.9 Å². The Morgan fingerprint density at radius 2 is 1.90 bits per heavy atom. The molecule has 0 spiro atoms. The molecule has 0 aliphatic rings. The summed E-state index contributed by atoms with van der Waals surface area (Å²) in [6.45, 7) is 0.421. The third-order valence-electron chi connectivity index (χ3n) is 2.73. The molecule has 0 aliphatic heterocycles. The van der Waals surface area contributed by atoms with E-state index in [1.165, 1.54) is 24.3 Å². The highest BCUT2D eigenvalue weighted by atomic mass is 19.1. The fourth-order valence-corrected chi connectivity index (χ4v) is 1.83. The SMILES string of the molecule is O=[N+]([O-])c1cc(F)cc(NCCc2cccc(F)c2)c1. The van der Waals surface area contributed by atoms with Gasteiger partial charge >= 0.3 is 0 Å². The molecule has 0 unspecified atom stereocenters. The van der Waals surface area contributed by atoms with Crippen LogP contribution >= 0.6 is 0 Å². The molecular formula is C14H12F2N2O2. The Kier molecular flexibility index (Phi) is 4.24. The van der Waals surface area contributed by atoms with Gasteiger partial charge in [0.15, 0.2) is 0 Å². The van der Waals surface area contributed by atoms with Crippen LogP contribution < -0.4 is 5.32 Å². The number of halogens is 2. The van der Waals surface area contributed by atoms with E-state index in [-0.39, 0.29) is 11.5 Å². The van der Waals surface area contributed by atoms with E-state index in [1.54, 1.807) is 12.1 Å². The van der Waals surface area contributed by atoms with Gasteiger partial charge in [0.05, 0.1) is 11.0 Å². The van der Waals surface area contributed by atoms with Crippen LogP contribution in [0.25, 0.3) is 0 Å². The number of non-ortho nitro benzene ring substituents is 1. The van der Waals surface area contributed by atoms with E-state index in [9.17, 15) is 18.9 Å². The molecule has 104 valence electrons. The fraction of sp³-hybridized carbons (Fsp3) is 0.143. The third-order valence-corrected chi connectivity index (χ3v) is 2.73. The molecule has 6 heteroatoms. The number of nitro benzene ring substituents is 1. The van der Waals surface area contributed by atoms with Gasteiger partial charge in [0.2, 0.25) is 0 Å². The van der Waals surface area contributed by atoms with E-state index in [4.69, 9.17) is 0 Å². The van der Waals surface area contributed by atoms with Crippen molar-refractivity contribution in [3.05, 3.63) is 69.8 Å². The smallest absolute Gasteiger partial charge is 0.274 e. The Bertz CT molecular complexity index is 632. The molecule has 0 bridgehead atoms. The van der Waals surface area contributed by atoms with Crippen LogP contribution in [-0.4, -0.2) is 11.5 Å². The number of hydrogen-bond donors (Lipinski definition) is 1. The second kappa shape index (κ2) is 6.10. The van der Waals surface area contributed by atoms with E-state index < -0.39 is 10.7 Å². The van der Waals surface area contributed by atoms with Gasteiger partial charge in [-0.25, -0.2) is 8.78 Å². The van der Waals surface area contributed by atoms with Gasteiger partial charge < -0.3 is 5.32 Å². The quantitative estimate of drug-likeness (QED) is 0.672. The summed E-state index contributed by atoms with van der Waals surface area (Å²) < 4.78 is 26.2. The molecule has 0 aromatic heterocycles. The van der Waals surface area contributed by atoms with Crippen LogP contribution in [0.2, 0.25) is 0 Å². The van der Waals surface area contributed by atoms with E-state index in [0.717, 1.165) is 11.6 Å². The molecule has 0 atom stereocenters. The highest BCUT2D eigenvalue weighted by Gasteiger charge is 2.09. The molecule has 0 aliphatic carbocycles. The van der Waals surface area contributed by atoms with E-state index in [0.29, 0.717) is 18.7 Å². The molecule has 4 nitrogen and oxygen atoms in total. The lowest BCUT2D eigenvalue weighted by atomic mass is 10.1. The Hall–Kier alpha value is -2.50. The summed E-state index contributed by atoms with van der Waals surface area (Å²) in [5.74, 6) is -0.989. The van der Waals surface area contributed by atoms with Crippen LogP contribution in [0.1, 0.15) is 5.56 Å². The molecule has 0 fully saturated rings. The zero-order chi connectivity index (χ0) is 14.5. The van der Waals surface area contributed by atoms with Crippen molar-refractivity contribution in [1.29, 1.82) is 0 Å². The van der Waals surface area contributed by atoms with Gasteiger partial charge in [-0.15, -0.1) is 0 Å². The van der Waals surface area contributed by atoms with Crippen LogP contribution in [0.4, 0.5) is 20.2 Å². The number of hydrogen-bond acceptors (Lipinski definition) is 3. The zero-order valence-corrected chi connectivity index (χ0v) is 10.5. The first-order valence-electron chi connectivity index (χ1n) is 5.98. The van der Waals surface area contributed by atoms with Gasteiger partial charge in [0.1, 0.15) is 11.6 Å². The minimum Gasteiger partial charge on any atom is -0.384 e. The molecule has 0 saturated heterocycles. The molecule has 2 rings (SSSR count). The van der Waals surface area contributed by atoms with Crippen molar-refractivity contribution >= 4 is 11.4 Å². The molecule has 0 saturated carbocycles. The van der Waals surface area contributed by atoms with Gasteiger partial charge in [-0.1, -0.05) is 12.1 Å². The number of benzene rings is 2. The molecule has 20 heavy (non-hydrogen) atoms. The van der Waals surface area contributed by atoms with Crippen molar-refractivity contribution in [3.8, 4) is 0 Å². The van der Waals surface area contributed by atoms with Gasteiger partial charge in [-0.05, 0) is 30.2 Å². The second-order valence-electron chi connectivity index (χ2n) is 4.26. The highest BCUT2D eigenvalue weighted by molar-refractivity contribution is 5.51. The highest BCUT2D eigenvalue weighted by Crippen LogP contribution is 2.20. The number of nitrogens with zero attached hydrogens (tertiary/aromatic N) is 1. The van der Waals surface area contributed by atoms with Gasteiger partial charge in [0, 0.05) is 18.3 Å². The summed E-state index contributed by atoms with van der Waals surface area (Å²) in [6.07, 6.45) is 0.530. The molecule has 2 aromatic rings. The second-order valence-corrected chi connectivity index (χ2v) is 4.26. The summed E-state index contributed by atoms with van der Waals surface area (Å²) in [5.41, 5.74) is 0.815. The summed E-state index contributed by atoms with van der Waals surface area (Å²) >= 11 is 0. The van der Waals surface area contributed by atoms with Crippen molar-refractivity contribution < 1.29 is 13.7 Å². The topological polar surface area (TPSA) is 55.2 Å². The van der Waals surface area contributed by atoms with Crippen molar-refractivity contribution in [1.82, 2.24) is 0 Å². The lowest BCUT2D eigenvalue weighted by molar-refractivity contribution is -0.385. The Morgan fingerprint density at radius 1 is 1.10 bits per heavy atom. The minimum absolute atomic E-state index is 0.307. The Balaban J connectivity index is 1.99. The van der Waals surface area contributed by atoms with Crippen LogP contribution in [0.15, 0.2) is 42.5 Å². The largest absolute Gasteiger partial charge is 0.384 e. The lowest BCUT2D eigenvalue weighted by Crippen LogP contribution is -2.05. The molecule has 0 heterocycles. The normalized spacial score (nSPS) is 10.3. The number of nitrogens with one attached hydrogen (secondary N) is 1. The Morgan fingerprint density at radius 3 is 2.60 bits per heavy atom. The first-order chi connectivity index (χ1) is 9.54. The fourth-order valence-electron chi connectivity index (χ4n) is 1.83. The van der Waals surface area contributed by atoms with E-state index in [2.05, 4.69) is 5.32 Å². The van der Waals surface area contributed by atoms with Gasteiger partial charge in [-0.2, -0.15) is 0 Å². The van der Waals surface area contributed by atoms with Crippen LogP contribution in [0, 0.1) is 21.7 Å². The first kappa shape index (κ1) is 13.9. The molecule has 2 aromatic carbocycles.